The number of hydrogen-bond donors (Lipinski definition) is 1. The predicted molar refractivity (Wildman–Crippen MR) is 69.8 cm³/mol. The number of rotatable bonds is 5. The van der Waals surface area contributed by atoms with Gasteiger partial charge in [0, 0.05) is 6.54 Å². The van der Waals surface area contributed by atoms with Gasteiger partial charge in [-0.2, -0.15) is 0 Å². The summed E-state index contributed by atoms with van der Waals surface area (Å²) in [4.78, 5) is 37.2. The lowest BCUT2D eigenvalue weighted by molar-refractivity contribution is -0.147. The Morgan fingerprint density at radius 3 is 2.75 bits per heavy atom. The number of likely N-dealkylation sites (tertiary alicyclic amines) is 1. The van der Waals surface area contributed by atoms with Crippen LogP contribution in [0.15, 0.2) is 0 Å². The highest BCUT2D eigenvalue weighted by atomic mass is 16.5. The Morgan fingerprint density at radius 1 is 1.50 bits per heavy atom. The van der Waals surface area contributed by atoms with E-state index in [1.165, 1.54) is 4.90 Å². The zero-order chi connectivity index (χ0) is 15.1. The zero-order valence-corrected chi connectivity index (χ0v) is 11.4. The van der Waals surface area contributed by atoms with Crippen molar-refractivity contribution in [2.45, 2.75) is 25.8 Å². The summed E-state index contributed by atoms with van der Waals surface area (Å²) in [5.41, 5.74) is 0. The Hall–Kier alpha value is -2.23. The van der Waals surface area contributed by atoms with Crippen LogP contribution in [0.5, 0.6) is 0 Å². The van der Waals surface area contributed by atoms with Crippen molar-refractivity contribution in [2.75, 3.05) is 26.2 Å². The SMILES string of the molecule is C#CCN(CC(=O)O)C(=O)N1CCCC1C(=O)OCC. The molecule has 0 saturated carbocycles. The van der Waals surface area contributed by atoms with Crippen molar-refractivity contribution in [3.8, 4) is 12.3 Å². The predicted octanol–water partition coefficient (Wildman–Crippen LogP) is 0.154. The van der Waals surface area contributed by atoms with Gasteiger partial charge in [-0.15, -0.1) is 6.42 Å². The summed E-state index contributed by atoms with van der Waals surface area (Å²) in [6.07, 6.45) is 6.33. The van der Waals surface area contributed by atoms with Gasteiger partial charge < -0.3 is 19.6 Å². The molecule has 1 atom stereocenters. The molecule has 0 bridgehead atoms. The highest BCUT2D eigenvalue weighted by Crippen LogP contribution is 2.20. The van der Waals surface area contributed by atoms with Crippen LogP contribution in [-0.4, -0.2) is 65.2 Å². The molecule has 0 spiro atoms. The summed E-state index contributed by atoms with van der Waals surface area (Å²) in [6.45, 7) is 1.71. The monoisotopic (exact) mass is 282 g/mol. The maximum atomic E-state index is 12.3. The van der Waals surface area contributed by atoms with Crippen molar-refractivity contribution in [1.82, 2.24) is 9.80 Å². The van der Waals surface area contributed by atoms with E-state index in [1.54, 1.807) is 6.92 Å². The second kappa shape index (κ2) is 7.38. The Bertz CT molecular complexity index is 429. The largest absolute Gasteiger partial charge is 0.480 e. The van der Waals surface area contributed by atoms with Crippen LogP contribution >= 0.6 is 0 Å². The summed E-state index contributed by atoms with van der Waals surface area (Å²) in [5.74, 6) is 0.630. The molecule has 1 rings (SSSR count). The third-order valence-electron chi connectivity index (χ3n) is 2.94. The molecule has 1 heterocycles. The van der Waals surface area contributed by atoms with Gasteiger partial charge in [0.25, 0.3) is 0 Å². The molecule has 1 aliphatic rings. The number of carbonyl (C=O) groups is 3. The number of urea groups is 1. The minimum Gasteiger partial charge on any atom is -0.480 e. The van der Waals surface area contributed by atoms with Crippen LogP contribution < -0.4 is 0 Å². The van der Waals surface area contributed by atoms with Gasteiger partial charge in [0.2, 0.25) is 0 Å². The van der Waals surface area contributed by atoms with E-state index in [0.717, 1.165) is 4.90 Å². The van der Waals surface area contributed by atoms with Gasteiger partial charge in [0.15, 0.2) is 0 Å². The van der Waals surface area contributed by atoms with E-state index in [1.807, 2.05) is 0 Å². The number of carboxylic acids is 1. The molecular formula is C13H18N2O5. The molecule has 1 unspecified atom stereocenters. The molecule has 1 saturated heterocycles. The molecule has 0 radical (unpaired) electrons. The van der Waals surface area contributed by atoms with Crippen LogP contribution in [0.2, 0.25) is 0 Å². The van der Waals surface area contributed by atoms with E-state index in [9.17, 15) is 14.4 Å². The maximum absolute atomic E-state index is 12.3. The normalized spacial score (nSPS) is 17.4. The van der Waals surface area contributed by atoms with E-state index in [0.29, 0.717) is 19.4 Å². The van der Waals surface area contributed by atoms with E-state index < -0.39 is 30.6 Å². The Kier molecular flexibility index (Phi) is 5.84. The fourth-order valence-corrected chi connectivity index (χ4v) is 2.13. The summed E-state index contributed by atoms with van der Waals surface area (Å²) in [5, 5.41) is 8.79. The molecule has 1 fully saturated rings. The van der Waals surface area contributed by atoms with E-state index in [-0.39, 0.29) is 13.2 Å². The molecule has 20 heavy (non-hydrogen) atoms. The first-order valence-electron chi connectivity index (χ1n) is 6.38. The fourth-order valence-electron chi connectivity index (χ4n) is 2.13. The van der Waals surface area contributed by atoms with Gasteiger partial charge in [-0.3, -0.25) is 4.79 Å². The lowest BCUT2D eigenvalue weighted by atomic mass is 10.2. The smallest absolute Gasteiger partial charge is 0.328 e. The van der Waals surface area contributed by atoms with Gasteiger partial charge >= 0.3 is 18.0 Å². The molecule has 0 aromatic carbocycles. The second-order valence-corrected chi connectivity index (χ2v) is 4.34. The number of hydrogen-bond acceptors (Lipinski definition) is 4. The lowest BCUT2D eigenvalue weighted by Crippen LogP contribution is -2.49. The van der Waals surface area contributed by atoms with Gasteiger partial charge in [0.1, 0.15) is 12.6 Å². The van der Waals surface area contributed by atoms with Crippen LogP contribution in [-0.2, 0) is 14.3 Å². The highest BCUT2D eigenvalue weighted by Gasteiger charge is 2.37. The minimum absolute atomic E-state index is 0.114. The summed E-state index contributed by atoms with van der Waals surface area (Å²) in [6, 6.07) is -1.20. The van der Waals surface area contributed by atoms with Crippen molar-refractivity contribution >= 4 is 18.0 Å². The third kappa shape index (κ3) is 3.88. The number of amides is 2. The van der Waals surface area contributed by atoms with Crippen molar-refractivity contribution in [3.63, 3.8) is 0 Å². The van der Waals surface area contributed by atoms with Gasteiger partial charge in [-0.25, -0.2) is 9.59 Å². The Morgan fingerprint density at radius 2 is 2.20 bits per heavy atom. The third-order valence-corrected chi connectivity index (χ3v) is 2.94. The lowest BCUT2D eigenvalue weighted by Gasteiger charge is -2.28. The van der Waals surface area contributed by atoms with Crippen LogP contribution in [0.3, 0.4) is 0 Å². The minimum atomic E-state index is -1.15. The first-order chi connectivity index (χ1) is 9.51. The summed E-state index contributed by atoms with van der Waals surface area (Å²) in [7, 11) is 0. The molecule has 0 aliphatic carbocycles. The molecule has 0 aromatic heterocycles. The standard InChI is InChI=1S/C13H18N2O5/c1-3-7-14(9-11(16)17)13(19)15-8-5-6-10(15)12(18)20-4-2/h1,10H,4-9H2,2H3,(H,16,17). The Balaban J connectivity index is 2.79. The van der Waals surface area contributed by atoms with Crippen molar-refractivity contribution < 1.29 is 24.2 Å². The zero-order valence-electron chi connectivity index (χ0n) is 11.4. The Labute approximate surface area is 117 Å². The maximum Gasteiger partial charge on any atom is 0.328 e. The van der Waals surface area contributed by atoms with Crippen molar-refractivity contribution in [1.29, 1.82) is 0 Å². The van der Waals surface area contributed by atoms with Crippen LogP contribution in [0.25, 0.3) is 0 Å². The topological polar surface area (TPSA) is 87.2 Å². The molecule has 1 N–H and O–H groups in total. The fraction of sp³-hybridized carbons (Fsp3) is 0.615. The molecular weight excluding hydrogens is 264 g/mol. The number of nitrogens with zero attached hydrogens (tertiary/aromatic N) is 2. The number of esters is 1. The van der Waals surface area contributed by atoms with Crippen LogP contribution in [0.1, 0.15) is 19.8 Å². The molecule has 2 amide bonds. The van der Waals surface area contributed by atoms with E-state index >= 15 is 0 Å². The number of aliphatic carboxylic acids is 1. The summed E-state index contributed by atoms with van der Waals surface area (Å²) < 4.78 is 4.92. The van der Waals surface area contributed by atoms with Gasteiger partial charge in [-0.05, 0) is 19.8 Å². The highest BCUT2D eigenvalue weighted by molar-refractivity contribution is 5.86. The summed E-state index contributed by atoms with van der Waals surface area (Å²) >= 11 is 0. The first-order valence-corrected chi connectivity index (χ1v) is 6.38. The number of carbonyl (C=O) groups excluding carboxylic acids is 2. The van der Waals surface area contributed by atoms with Gasteiger partial charge in [0.05, 0.1) is 13.2 Å². The second-order valence-electron chi connectivity index (χ2n) is 4.34. The van der Waals surface area contributed by atoms with Crippen LogP contribution in [0, 0.1) is 12.3 Å². The average molecular weight is 282 g/mol. The molecule has 110 valence electrons. The molecule has 7 nitrogen and oxygen atoms in total. The molecule has 7 heteroatoms. The molecule has 1 aliphatic heterocycles. The van der Waals surface area contributed by atoms with E-state index in [4.69, 9.17) is 16.3 Å². The van der Waals surface area contributed by atoms with Crippen molar-refractivity contribution in [2.24, 2.45) is 0 Å². The number of ether oxygens (including phenoxy) is 1. The van der Waals surface area contributed by atoms with E-state index in [2.05, 4.69) is 5.92 Å². The number of terminal acetylenes is 1. The van der Waals surface area contributed by atoms with Gasteiger partial charge in [-0.1, -0.05) is 5.92 Å². The quantitative estimate of drug-likeness (QED) is 0.573. The first kappa shape index (κ1) is 15.8. The average Bonchev–Trinajstić information content (AvgIpc) is 2.86. The van der Waals surface area contributed by atoms with Crippen molar-refractivity contribution in [3.05, 3.63) is 0 Å². The molecule has 0 aromatic rings. The number of carboxylic acid groups (broad SMARTS) is 1. The van der Waals surface area contributed by atoms with Crippen LogP contribution in [0.4, 0.5) is 4.79 Å².